The molecule has 0 bridgehead atoms. The van der Waals surface area contributed by atoms with Crippen molar-refractivity contribution in [2.24, 2.45) is 0 Å². The first-order chi connectivity index (χ1) is 7.04. The first-order valence-corrected chi connectivity index (χ1v) is 5.46. The Balaban J connectivity index is 2.85. The molecule has 15 heavy (non-hydrogen) atoms. The number of halogens is 2. The second-order valence-electron chi connectivity index (χ2n) is 3.42. The molecule has 1 aromatic rings. The number of nitrogen functional groups attached to an aromatic ring is 1. The van der Waals surface area contributed by atoms with Gasteiger partial charge in [-0.2, -0.15) is 0 Å². The smallest absolute Gasteiger partial charge is 0.139 e. The Morgan fingerprint density at radius 2 is 2.33 bits per heavy atom. The van der Waals surface area contributed by atoms with Gasteiger partial charge in [0, 0.05) is 12.1 Å². The molecule has 0 aliphatic heterocycles. The fraction of sp³-hybridized carbons (Fsp3) is 0.273. The van der Waals surface area contributed by atoms with Gasteiger partial charge in [0.25, 0.3) is 0 Å². The van der Waals surface area contributed by atoms with E-state index in [1.807, 2.05) is 13.0 Å². The highest BCUT2D eigenvalue weighted by molar-refractivity contribution is 9.10. The van der Waals surface area contributed by atoms with Gasteiger partial charge >= 0.3 is 0 Å². The van der Waals surface area contributed by atoms with E-state index < -0.39 is 0 Å². The van der Waals surface area contributed by atoms with Gasteiger partial charge in [0.2, 0.25) is 0 Å². The molecule has 4 heteroatoms. The van der Waals surface area contributed by atoms with E-state index in [2.05, 4.69) is 27.8 Å². The second kappa shape index (κ2) is 5.16. The summed E-state index contributed by atoms with van der Waals surface area (Å²) in [6.45, 7) is 5.67. The van der Waals surface area contributed by atoms with Gasteiger partial charge in [0.05, 0.1) is 15.8 Å². The predicted octanol–water partition coefficient (Wildman–Crippen LogP) is 3.55. The van der Waals surface area contributed by atoms with Crippen molar-refractivity contribution in [1.29, 1.82) is 0 Å². The SMILES string of the molecule is C=CCC(C)Nc1cc(Br)c(F)cc1N. The zero-order chi connectivity index (χ0) is 11.4. The molecule has 0 aromatic heterocycles. The highest BCUT2D eigenvalue weighted by Gasteiger charge is 2.07. The molecular formula is C11H14BrFN2. The Labute approximate surface area is 97.5 Å². The molecule has 82 valence electrons. The quantitative estimate of drug-likeness (QED) is 0.650. The third-order valence-electron chi connectivity index (χ3n) is 2.01. The molecule has 2 nitrogen and oxygen atoms in total. The van der Waals surface area contributed by atoms with Gasteiger partial charge in [-0.15, -0.1) is 6.58 Å². The van der Waals surface area contributed by atoms with Crippen molar-refractivity contribution in [3.8, 4) is 0 Å². The number of hydrogen-bond acceptors (Lipinski definition) is 2. The molecule has 1 unspecified atom stereocenters. The van der Waals surface area contributed by atoms with Crippen LogP contribution in [0.2, 0.25) is 0 Å². The Hall–Kier alpha value is -1.03. The van der Waals surface area contributed by atoms with Crippen molar-refractivity contribution in [3.63, 3.8) is 0 Å². The van der Waals surface area contributed by atoms with Crippen LogP contribution in [0.1, 0.15) is 13.3 Å². The van der Waals surface area contributed by atoms with Crippen LogP contribution in [-0.2, 0) is 0 Å². The van der Waals surface area contributed by atoms with Crippen molar-refractivity contribution in [2.75, 3.05) is 11.1 Å². The van der Waals surface area contributed by atoms with Gasteiger partial charge in [-0.05, 0) is 35.3 Å². The molecule has 3 N–H and O–H groups in total. The summed E-state index contributed by atoms with van der Waals surface area (Å²) in [6, 6.07) is 3.17. The number of benzene rings is 1. The van der Waals surface area contributed by atoms with Gasteiger partial charge in [0.15, 0.2) is 0 Å². The molecular weight excluding hydrogens is 259 g/mol. The molecule has 0 saturated carbocycles. The van der Waals surface area contributed by atoms with Crippen molar-refractivity contribution >= 4 is 27.3 Å². The van der Waals surface area contributed by atoms with E-state index in [1.165, 1.54) is 6.07 Å². The molecule has 0 saturated heterocycles. The van der Waals surface area contributed by atoms with Crippen LogP contribution < -0.4 is 11.1 Å². The summed E-state index contributed by atoms with van der Waals surface area (Å²) < 4.78 is 13.5. The van der Waals surface area contributed by atoms with Crippen LogP contribution in [0.25, 0.3) is 0 Å². The lowest BCUT2D eigenvalue weighted by atomic mass is 10.2. The second-order valence-corrected chi connectivity index (χ2v) is 4.28. The monoisotopic (exact) mass is 272 g/mol. The standard InChI is InChI=1S/C11H14BrFN2/c1-3-4-7(2)15-11-5-8(12)9(13)6-10(11)14/h3,5-7,15H,1,4,14H2,2H3. The average Bonchev–Trinajstić information content (AvgIpc) is 2.14. The highest BCUT2D eigenvalue weighted by atomic mass is 79.9. The molecule has 0 spiro atoms. The molecule has 0 heterocycles. The van der Waals surface area contributed by atoms with Crippen molar-refractivity contribution in [2.45, 2.75) is 19.4 Å². The summed E-state index contributed by atoms with van der Waals surface area (Å²) in [4.78, 5) is 0. The van der Waals surface area contributed by atoms with E-state index in [9.17, 15) is 4.39 Å². The number of hydrogen-bond donors (Lipinski definition) is 2. The largest absolute Gasteiger partial charge is 0.397 e. The summed E-state index contributed by atoms with van der Waals surface area (Å²) in [5, 5.41) is 3.19. The maximum atomic E-state index is 13.1. The third kappa shape index (κ3) is 3.23. The number of nitrogens with two attached hydrogens (primary N) is 1. The first-order valence-electron chi connectivity index (χ1n) is 4.66. The van der Waals surface area contributed by atoms with Gasteiger partial charge in [-0.3, -0.25) is 0 Å². The fourth-order valence-electron chi connectivity index (χ4n) is 1.26. The number of rotatable bonds is 4. The van der Waals surface area contributed by atoms with E-state index in [-0.39, 0.29) is 11.9 Å². The van der Waals surface area contributed by atoms with Crippen LogP contribution >= 0.6 is 15.9 Å². The van der Waals surface area contributed by atoms with E-state index in [0.717, 1.165) is 12.1 Å². The van der Waals surface area contributed by atoms with Crippen LogP contribution in [0.4, 0.5) is 15.8 Å². The maximum absolute atomic E-state index is 13.1. The van der Waals surface area contributed by atoms with Crippen LogP contribution in [0.5, 0.6) is 0 Å². The van der Waals surface area contributed by atoms with Gasteiger partial charge in [-0.1, -0.05) is 6.08 Å². The van der Waals surface area contributed by atoms with Crippen molar-refractivity contribution in [3.05, 3.63) is 35.1 Å². The van der Waals surface area contributed by atoms with Gasteiger partial charge in [0.1, 0.15) is 5.82 Å². The minimum absolute atomic E-state index is 0.224. The highest BCUT2D eigenvalue weighted by Crippen LogP contribution is 2.27. The fourth-order valence-corrected chi connectivity index (χ4v) is 1.60. The van der Waals surface area contributed by atoms with Gasteiger partial charge in [-0.25, -0.2) is 4.39 Å². The summed E-state index contributed by atoms with van der Waals surface area (Å²) in [7, 11) is 0. The summed E-state index contributed by atoms with van der Waals surface area (Å²) >= 11 is 3.12. The van der Waals surface area contributed by atoms with E-state index in [0.29, 0.717) is 10.2 Å². The number of anilines is 2. The minimum atomic E-state index is -0.352. The average molecular weight is 273 g/mol. The zero-order valence-corrected chi connectivity index (χ0v) is 10.1. The normalized spacial score (nSPS) is 12.2. The van der Waals surface area contributed by atoms with Crippen LogP contribution in [0.15, 0.2) is 29.3 Å². The van der Waals surface area contributed by atoms with Crippen molar-refractivity contribution < 1.29 is 4.39 Å². The number of nitrogens with one attached hydrogen (secondary N) is 1. The topological polar surface area (TPSA) is 38.0 Å². The first kappa shape index (κ1) is 12.0. The van der Waals surface area contributed by atoms with Crippen molar-refractivity contribution in [1.82, 2.24) is 0 Å². The van der Waals surface area contributed by atoms with E-state index in [1.54, 1.807) is 6.07 Å². The molecule has 1 aromatic carbocycles. The molecule has 0 amide bonds. The lowest BCUT2D eigenvalue weighted by Crippen LogP contribution is -2.15. The summed E-state index contributed by atoms with van der Waals surface area (Å²) in [6.07, 6.45) is 2.65. The Morgan fingerprint density at radius 3 is 2.93 bits per heavy atom. The summed E-state index contributed by atoms with van der Waals surface area (Å²) in [5.74, 6) is -0.352. The van der Waals surface area contributed by atoms with Crippen LogP contribution in [0, 0.1) is 5.82 Å². The minimum Gasteiger partial charge on any atom is -0.397 e. The molecule has 0 radical (unpaired) electrons. The molecule has 1 atom stereocenters. The van der Waals surface area contributed by atoms with E-state index >= 15 is 0 Å². The zero-order valence-electron chi connectivity index (χ0n) is 8.56. The summed E-state index contributed by atoms with van der Waals surface area (Å²) in [5.41, 5.74) is 6.83. The van der Waals surface area contributed by atoms with Crippen LogP contribution in [-0.4, -0.2) is 6.04 Å². The lowest BCUT2D eigenvalue weighted by Gasteiger charge is -2.15. The Kier molecular flexibility index (Phi) is 4.15. The predicted molar refractivity (Wildman–Crippen MR) is 66.4 cm³/mol. The van der Waals surface area contributed by atoms with E-state index in [4.69, 9.17) is 5.73 Å². The van der Waals surface area contributed by atoms with Crippen LogP contribution in [0.3, 0.4) is 0 Å². The molecule has 0 aliphatic carbocycles. The Morgan fingerprint density at radius 1 is 1.67 bits per heavy atom. The molecule has 0 fully saturated rings. The molecule has 0 aliphatic rings. The lowest BCUT2D eigenvalue weighted by molar-refractivity contribution is 0.622. The molecule has 1 rings (SSSR count). The third-order valence-corrected chi connectivity index (χ3v) is 2.62. The van der Waals surface area contributed by atoms with Gasteiger partial charge < -0.3 is 11.1 Å². The maximum Gasteiger partial charge on any atom is 0.139 e. The Bertz CT molecular complexity index is 366.